The van der Waals surface area contributed by atoms with Gasteiger partial charge in [-0.05, 0) is 23.8 Å². The summed E-state index contributed by atoms with van der Waals surface area (Å²) >= 11 is 0. The van der Waals surface area contributed by atoms with Crippen LogP contribution in [0.1, 0.15) is 5.56 Å². The number of hydrogen-bond donors (Lipinski definition) is 2. The third-order valence-electron chi connectivity index (χ3n) is 4.34. The number of benzene rings is 3. The van der Waals surface area contributed by atoms with Crippen LogP contribution in [0.15, 0.2) is 95.1 Å². The average molecular weight is 353 g/mol. The van der Waals surface area contributed by atoms with Gasteiger partial charge in [-0.15, -0.1) is 5.10 Å². The molecule has 0 saturated heterocycles. The minimum absolute atomic E-state index is 0.0701. The summed E-state index contributed by atoms with van der Waals surface area (Å²) in [6, 6.07) is 28.7. The topological polar surface area (TPSA) is 81.7 Å². The van der Waals surface area contributed by atoms with Crippen molar-refractivity contribution in [3.63, 3.8) is 0 Å². The summed E-state index contributed by atoms with van der Waals surface area (Å²) < 4.78 is 2.24. The van der Waals surface area contributed by atoms with Gasteiger partial charge >= 0.3 is 0 Å². The van der Waals surface area contributed by atoms with Crippen LogP contribution in [0.2, 0.25) is 0 Å². The molecule has 0 unspecified atom stereocenters. The molecule has 1 heterocycles. The van der Waals surface area contributed by atoms with Crippen molar-refractivity contribution in [1.29, 1.82) is 0 Å². The van der Waals surface area contributed by atoms with Gasteiger partial charge in [0.15, 0.2) is 0 Å². The van der Waals surface area contributed by atoms with E-state index in [-0.39, 0.29) is 5.96 Å². The number of hydrogen-bond acceptors (Lipinski definition) is 2. The van der Waals surface area contributed by atoms with Gasteiger partial charge in [-0.3, -0.25) is 0 Å². The highest BCUT2D eigenvalue weighted by molar-refractivity contribution is 6.07. The molecule has 4 N–H and O–H groups in total. The van der Waals surface area contributed by atoms with E-state index >= 15 is 0 Å². The summed E-state index contributed by atoms with van der Waals surface area (Å²) in [5, 5.41) is 8.94. The number of nitrogens with two attached hydrogens (primary N) is 2. The summed E-state index contributed by atoms with van der Waals surface area (Å²) in [6.45, 7) is 0. The maximum absolute atomic E-state index is 5.42. The molecular weight excluding hydrogens is 334 g/mol. The molecule has 0 aliphatic carbocycles. The van der Waals surface area contributed by atoms with Crippen LogP contribution in [0.5, 0.6) is 0 Å². The second-order valence-electron chi connectivity index (χ2n) is 6.09. The van der Waals surface area contributed by atoms with Crippen LogP contribution in [-0.2, 0) is 0 Å². The molecule has 0 aliphatic heterocycles. The zero-order valence-corrected chi connectivity index (χ0v) is 14.7. The Morgan fingerprint density at radius 2 is 1.41 bits per heavy atom. The Morgan fingerprint density at radius 1 is 0.778 bits per heavy atom. The number of fused-ring (bicyclic) bond motifs is 1. The molecule has 0 bridgehead atoms. The van der Waals surface area contributed by atoms with E-state index in [2.05, 4.69) is 51.2 Å². The summed E-state index contributed by atoms with van der Waals surface area (Å²) in [5.74, 6) is -0.0701. The van der Waals surface area contributed by atoms with Crippen molar-refractivity contribution in [2.75, 3.05) is 0 Å². The third kappa shape index (κ3) is 3.18. The number of rotatable bonds is 4. The molecule has 4 rings (SSSR count). The van der Waals surface area contributed by atoms with Crippen molar-refractivity contribution in [2.24, 2.45) is 21.7 Å². The van der Waals surface area contributed by atoms with Crippen LogP contribution in [0.3, 0.4) is 0 Å². The third-order valence-corrected chi connectivity index (χ3v) is 4.34. The van der Waals surface area contributed by atoms with Gasteiger partial charge in [0.05, 0.1) is 17.4 Å². The first kappa shape index (κ1) is 16.6. The number of aromatic nitrogens is 1. The lowest BCUT2D eigenvalue weighted by Gasteiger charge is -2.12. The molecule has 27 heavy (non-hydrogen) atoms. The van der Waals surface area contributed by atoms with Crippen molar-refractivity contribution in [3.05, 3.63) is 90.5 Å². The molecule has 4 aromatic rings. The van der Waals surface area contributed by atoms with E-state index in [0.717, 1.165) is 33.4 Å². The number of para-hydroxylation sites is 2. The fraction of sp³-hybridized carbons (Fsp3) is 0. The van der Waals surface area contributed by atoms with E-state index in [4.69, 9.17) is 11.5 Å². The minimum Gasteiger partial charge on any atom is -0.369 e. The molecule has 0 saturated carbocycles. The Kier molecular flexibility index (Phi) is 4.41. The number of guanidine groups is 1. The molecule has 3 aromatic carbocycles. The van der Waals surface area contributed by atoms with Crippen LogP contribution < -0.4 is 11.5 Å². The van der Waals surface area contributed by atoms with Crippen molar-refractivity contribution >= 4 is 23.1 Å². The molecular formula is C22H19N5. The summed E-state index contributed by atoms with van der Waals surface area (Å²) in [7, 11) is 0. The molecule has 0 fully saturated rings. The SMILES string of the molecule is NC(N)=N/N=C/c1c(-c2ccccc2)n(-c2ccccc2)c2ccccc12. The van der Waals surface area contributed by atoms with Crippen molar-refractivity contribution < 1.29 is 0 Å². The first-order chi connectivity index (χ1) is 13.3. The van der Waals surface area contributed by atoms with Crippen LogP contribution in [0.4, 0.5) is 0 Å². The molecule has 0 radical (unpaired) electrons. The Hall–Kier alpha value is -3.86. The van der Waals surface area contributed by atoms with E-state index in [9.17, 15) is 0 Å². The quantitative estimate of drug-likeness (QED) is 0.331. The maximum Gasteiger partial charge on any atom is 0.211 e. The Bertz CT molecular complexity index is 1120. The zero-order chi connectivity index (χ0) is 18.6. The fourth-order valence-corrected chi connectivity index (χ4v) is 3.27. The predicted molar refractivity (Wildman–Crippen MR) is 112 cm³/mol. The van der Waals surface area contributed by atoms with Gasteiger partial charge in [-0.1, -0.05) is 66.7 Å². The standard InChI is InChI=1S/C22H19N5/c23-22(24)26-25-15-19-18-13-7-8-14-20(18)27(17-11-5-2-6-12-17)21(19)16-9-3-1-4-10-16/h1-15H,(H4,23,24,26)/b25-15+. The largest absolute Gasteiger partial charge is 0.369 e. The zero-order valence-electron chi connectivity index (χ0n) is 14.7. The molecule has 0 spiro atoms. The molecule has 5 nitrogen and oxygen atoms in total. The maximum atomic E-state index is 5.42. The van der Waals surface area contributed by atoms with Gasteiger partial charge in [-0.25, -0.2) is 0 Å². The van der Waals surface area contributed by atoms with E-state index in [1.54, 1.807) is 6.21 Å². The first-order valence-corrected chi connectivity index (χ1v) is 8.62. The van der Waals surface area contributed by atoms with Gasteiger partial charge in [0, 0.05) is 16.6 Å². The summed E-state index contributed by atoms with van der Waals surface area (Å²) in [6.07, 6.45) is 1.71. The van der Waals surface area contributed by atoms with Gasteiger partial charge < -0.3 is 16.0 Å². The molecule has 5 heteroatoms. The Labute approximate surface area is 157 Å². The van der Waals surface area contributed by atoms with Crippen molar-refractivity contribution in [2.45, 2.75) is 0 Å². The minimum atomic E-state index is -0.0701. The smallest absolute Gasteiger partial charge is 0.211 e. The number of nitrogens with zero attached hydrogens (tertiary/aromatic N) is 3. The predicted octanol–water partition coefficient (Wildman–Crippen LogP) is 3.90. The molecule has 1 aromatic heterocycles. The van der Waals surface area contributed by atoms with Gasteiger partial charge in [0.25, 0.3) is 0 Å². The van der Waals surface area contributed by atoms with Crippen LogP contribution in [0, 0.1) is 0 Å². The highest BCUT2D eigenvalue weighted by atomic mass is 15.3. The lowest BCUT2D eigenvalue weighted by molar-refractivity contribution is 1.13. The highest BCUT2D eigenvalue weighted by Crippen LogP contribution is 2.35. The molecule has 0 atom stereocenters. The average Bonchev–Trinajstić information content (AvgIpc) is 3.03. The Balaban J connectivity index is 2.09. The monoisotopic (exact) mass is 353 g/mol. The second-order valence-corrected chi connectivity index (χ2v) is 6.09. The highest BCUT2D eigenvalue weighted by Gasteiger charge is 2.18. The summed E-state index contributed by atoms with van der Waals surface area (Å²) in [4.78, 5) is 0. The van der Waals surface area contributed by atoms with Gasteiger partial charge in [0.2, 0.25) is 5.96 Å². The van der Waals surface area contributed by atoms with Crippen molar-refractivity contribution in [3.8, 4) is 16.9 Å². The van der Waals surface area contributed by atoms with E-state index in [1.807, 2.05) is 48.5 Å². The van der Waals surface area contributed by atoms with Gasteiger partial charge in [-0.2, -0.15) is 5.10 Å². The normalized spacial score (nSPS) is 11.1. The second kappa shape index (κ2) is 7.17. The fourth-order valence-electron chi connectivity index (χ4n) is 3.27. The van der Waals surface area contributed by atoms with Crippen LogP contribution in [-0.4, -0.2) is 16.7 Å². The van der Waals surface area contributed by atoms with E-state index in [0.29, 0.717) is 0 Å². The van der Waals surface area contributed by atoms with Gasteiger partial charge in [0.1, 0.15) is 0 Å². The first-order valence-electron chi connectivity index (χ1n) is 8.62. The van der Waals surface area contributed by atoms with E-state index in [1.165, 1.54) is 0 Å². The lowest BCUT2D eigenvalue weighted by atomic mass is 10.1. The van der Waals surface area contributed by atoms with Crippen LogP contribution in [0.25, 0.3) is 27.8 Å². The lowest BCUT2D eigenvalue weighted by Crippen LogP contribution is -2.21. The molecule has 132 valence electrons. The molecule has 0 amide bonds. The van der Waals surface area contributed by atoms with Crippen molar-refractivity contribution in [1.82, 2.24) is 4.57 Å². The van der Waals surface area contributed by atoms with Crippen LogP contribution >= 0.6 is 0 Å². The Morgan fingerprint density at radius 3 is 2.11 bits per heavy atom. The summed E-state index contributed by atoms with van der Waals surface area (Å²) in [5.41, 5.74) is 16.1. The van der Waals surface area contributed by atoms with E-state index < -0.39 is 0 Å². The molecule has 0 aliphatic rings.